The molecule has 3 aromatic rings. The number of aromatic amines is 1. The molecule has 1 saturated heterocycles. The number of nitrogens with zero attached hydrogens (tertiary/aromatic N) is 4. The number of aryl methyl sites for hydroxylation is 2. The fraction of sp³-hybridized carbons (Fsp3) is 0.391. The highest BCUT2D eigenvalue weighted by molar-refractivity contribution is 7.89. The molecule has 8 nitrogen and oxygen atoms in total. The number of hydrogen-bond donors (Lipinski definition) is 1. The van der Waals surface area contributed by atoms with Gasteiger partial charge in [-0.05, 0) is 50.5 Å². The van der Waals surface area contributed by atoms with Gasteiger partial charge < -0.3 is 0 Å². The first-order chi connectivity index (χ1) is 15.4. The van der Waals surface area contributed by atoms with Gasteiger partial charge in [0, 0.05) is 49.7 Å². The van der Waals surface area contributed by atoms with Crippen LogP contribution in [0.3, 0.4) is 0 Å². The number of rotatable bonds is 4. The fourth-order valence-electron chi connectivity index (χ4n) is 4.71. The van der Waals surface area contributed by atoms with E-state index in [2.05, 4.69) is 15.0 Å². The maximum atomic E-state index is 13.0. The molecule has 1 unspecified atom stereocenters. The summed E-state index contributed by atoms with van der Waals surface area (Å²) in [6, 6.07) is 12.8. The first-order valence-electron chi connectivity index (χ1n) is 11.0. The van der Waals surface area contributed by atoms with Crippen LogP contribution in [0.5, 0.6) is 0 Å². The van der Waals surface area contributed by atoms with Crippen LogP contribution in [-0.4, -0.2) is 64.6 Å². The third-order valence-electron chi connectivity index (χ3n) is 6.57. The van der Waals surface area contributed by atoms with Gasteiger partial charge in [-0.25, -0.2) is 18.1 Å². The smallest absolute Gasteiger partial charge is 0.276 e. The van der Waals surface area contributed by atoms with Gasteiger partial charge in [0.1, 0.15) is 0 Å². The minimum atomic E-state index is -3.47. The van der Waals surface area contributed by atoms with Crippen molar-refractivity contribution in [3.8, 4) is 5.82 Å². The highest BCUT2D eigenvalue weighted by atomic mass is 32.2. The van der Waals surface area contributed by atoms with E-state index in [4.69, 9.17) is 0 Å². The first-order valence-corrected chi connectivity index (χ1v) is 12.4. The van der Waals surface area contributed by atoms with Crippen molar-refractivity contribution >= 4 is 10.0 Å². The van der Waals surface area contributed by atoms with Crippen LogP contribution in [0.1, 0.15) is 23.2 Å². The summed E-state index contributed by atoms with van der Waals surface area (Å²) in [5.41, 5.74) is 2.81. The van der Waals surface area contributed by atoms with Crippen molar-refractivity contribution in [1.29, 1.82) is 0 Å². The second-order valence-electron chi connectivity index (χ2n) is 8.55. The SMILES string of the molecule is Cc1ccc(S(=O)(=O)N2CCN(C3CCc4[nH]n(-c5ccccn5)c(=O)c4C3)CC2)cc1. The molecule has 2 aromatic heterocycles. The van der Waals surface area contributed by atoms with Crippen molar-refractivity contribution in [2.75, 3.05) is 26.2 Å². The second-order valence-corrected chi connectivity index (χ2v) is 10.5. The van der Waals surface area contributed by atoms with Gasteiger partial charge in [0.25, 0.3) is 5.56 Å². The normalized spacial score (nSPS) is 20.2. The molecule has 0 bridgehead atoms. The Hall–Kier alpha value is -2.75. The van der Waals surface area contributed by atoms with Crippen molar-refractivity contribution in [3.05, 3.63) is 75.8 Å². The Balaban J connectivity index is 1.27. The van der Waals surface area contributed by atoms with Crippen LogP contribution < -0.4 is 5.56 Å². The summed E-state index contributed by atoms with van der Waals surface area (Å²) in [5.74, 6) is 0.596. The molecule has 1 atom stereocenters. The van der Waals surface area contributed by atoms with Crippen molar-refractivity contribution in [3.63, 3.8) is 0 Å². The first kappa shape index (κ1) is 21.1. The maximum Gasteiger partial charge on any atom is 0.276 e. The van der Waals surface area contributed by atoms with Crippen LogP contribution in [0.15, 0.2) is 58.4 Å². The molecule has 1 aliphatic carbocycles. The molecule has 1 N–H and O–H groups in total. The number of pyridine rings is 1. The number of sulfonamides is 1. The maximum absolute atomic E-state index is 13.0. The summed E-state index contributed by atoms with van der Waals surface area (Å²) in [5, 5.41) is 3.23. The summed E-state index contributed by atoms with van der Waals surface area (Å²) < 4.78 is 29.1. The number of benzene rings is 1. The lowest BCUT2D eigenvalue weighted by Crippen LogP contribution is -2.53. The van der Waals surface area contributed by atoms with Crippen LogP contribution in [0, 0.1) is 6.92 Å². The highest BCUT2D eigenvalue weighted by Gasteiger charge is 2.33. The minimum Gasteiger partial charge on any atom is -0.297 e. The topological polar surface area (TPSA) is 91.3 Å². The van der Waals surface area contributed by atoms with E-state index in [0.717, 1.165) is 29.7 Å². The molecule has 168 valence electrons. The molecule has 0 saturated carbocycles. The number of aromatic nitrogens is 3. The number of hydrogen-bond acceptors (Lipinski definition) is 5. The highest BCUT2D eigenvalue weighted by Crippen LogP contribution is 2.25. The zero-order valence-corrected chi connectivity index (χ0v) is 18.9. The zero-order valence-electron chi connectivity index (χ0n) is 18.1. The summed E-state index contributed by atoms with van der Waals surface area (Å²) in [7, 11) is -3.47. The van der Waals surface area contributed by atoms with Gasteiger partial charge in [-0.3, -0.25) is 14.8 Å². The van der Waals surface area contributed by atoms with Crippen LogP contribution in [0.25, 0.3) is 5.82 Å². The average molecular weight is 454 g/mol. The lowest BCUT2D eigenvalue weighted by Gasteiger charge is -2.39. The second kappa shape index (κ2) is 8.31. The van der Waals surface area contributed by atoms with Crippen LogP contribution >= 0.6 is 0 Å². The predicted octanol–water partition coefficient (Wildman–Crippen LogP) is 1.73. The molecule has 1 fully saturated rings. The van der Waals surface area contributed by atoms with Crippen molar-refractivity contribution in [1.82, 2.24) is 24.0 Å². The summed E-state index contributed by atoms with van der Waals surface area (Å²) in [6.45, 7) is 4.21. The molecular weight excluding hydrogens is 426 g/mol. The Morgan fingerprint density at radius 1 is 1.03 bits per heavy atom. The summed E-state index contributed by atoms with van der Waals surface area (Å²) in [4.78, 5) is 20.0. The number of H-pyrrole nitrogens is 1. The zero-order chi connectivity index (χ0) is 22.3. The van der Waals surface area contributed by atoms with E-state index >= 15 is 0 Å². The van der Waals surface area contributed by atoms with Crippen molar-refractivity contribution < 1.29 is 8.42 Å². The van der Waals surface area contributed by atoms with E-state index in [-0.39, 0.29) is 11.6 Å². The fourth-order valence-corrected chi connectivity index (χ4v) is 6.13. The minimum absolute atomic E-state index is 0.0380. The molecular formula is C23H27N5O3S. The van der Waals surface area contributed by atoms with E-state index in [1.165, 1.54) is 4.68 Å². The quantitative estimate of drug-likeness (QED) is 0.650. The molecule has 5 rings (SSSR count). The molecule has 0 radical (unpaired) electrons. The van der Waals surface area contributed by atoms with Crippen molar-refractivity contribution in [2.45, 2.75) is 37.1 Å². The molecule has 0 spiro atoms. The monoisotopic (exact) mass is 453 g/mol. The van der Waals surface area contributed by atoms with E-state index < -0.39 is 10.0 Å². The Kier molecular flexibility index (Phi) is 5.48. The molecule has 0 amide bonds. The van der Waals surface area contributed by atoms with Gasteiger partial charge >= 0.3 is 0 Å². The van der Waals surface area contributed by atoms with Gasteiger partial charge in [-0.2, -0.15) is 4.31 Å². The van der Waals surface area contributed by atoms with Crippen LogP contribution in [-0.2, 0) is 22.9 Å². The van der Waals surface area contributed by atoms with Crippen molar-refractivity contribution in [2.24, 2.45) is 0 Å². The molecule has 2 aliphatic rings. The predicted molar refractivity (Wildman–Crippen MR) is 122 cm³/mol. The van der Waals surface area contributed by atoms with Crippen LogP contribution in [0.2, 0.25) is 0 Å². The van der Waals surface area contributed by atoms with Gasteiger partial charge in [0.05, 0.1) is 4.90 Å². The van der Waals surface area contributed by atoms with Gasteiger partial charge in [0.15, 0.2) is 5.82 Å². The molecule has 9 heteroatoms. The largest absolute Gasteiger partial charge is 0.297 e. The lowest BCUT2D eigenvalue weighted by atomic mass is 9.92. The third-order valence-corrected chi connectivity index (χ3v) is 8.48. The lowest BCUT2D eigenvalue weighted by molar-refractivity contribution is 0.126. The third kappa shape index (κ3) is 3.80. The van der Waals surface area contributed by atoms with E-state index in [0.29, 0.717) is 43.3 Å². The standard InChI is InChI=1S/C23H27N5O3S/c1-17-5-8-19(9-6-17)32(30,31)27-14-12-26(13-15-27)18-7-10-21-20(16-18)23(29)28(25-21)22-4-2-3-11-24-22/h2-6,8-9,11,18,25H,7,10,12-16H2,1H3. The Labute approximate surface area is 187 Å². The molecule has 1 aliphatic heterocycles. The van der Waals surface area contributed by atoms with E-state index in [9.17, 15) is 13.2 Å². The number of nitrogens with one attached hydrogen (secondary N) is 1. The van der Waals surface area contributed by atoms with Gasteiger partial charge in [0.2, 0.25) is 10.0 Å². The Bertz CT molecular complexity index is 1260. The van der Waals surface area contributed by atoms with E-state index in [1.54, 1.807) is 22.6 Å². The molecule has 1 aromatic carbocycles. The number of piperazine rings is 1. The Morgan fingerprint density at radius 3 is 2.47 bits per heavy atom. The van der Waals surface area contributed by atoms with Gasteiger partial charge in [-0.15, -0.1) is 0 Å². The average Bonchev–Trinajstić information content (AvgIpc) is 3.16. The summed E-state index contributed by atoms with van der Waals surface area (Å²) in [6.07, 6.45) is 4.10. The van der Waals surface area contributed by atoms with Gasteiger partial charge in [-0.1, -0.05) is 23.8 Å². The summed E-state index contributed by atoms with van der Waals surface area (Å²) >= 11 is 0. The molecule has 32 heavy (non-hydrogen) atoms. The number of fused-ring (bicyclic) bond motifs is 1. The van der Waals surface area contributed by atoms with Crippen LogP contribution in [0.4, 0.5) is 0 Å². The molecule has 3 heterocycles. The Morgan fingerprint density at radius 2 is 1.78 bits per heavy atom. The van der Waals surface area contributed by atoms with E-state index in [1.807, 2.05) is 37.3 Å².